The van der Waals surface area contributed by atoms with E-state index in [0.717, 1.165) is 26.2 Å². The van der Waals surface area contributed by atoms with Crippen LogP contribution in [0.15, 0.2) is 0 Å². The van der Waals surface area contributed by atoms with Crippen LogP contribution in [0.25, 0.3) is 0 Å². The lowest BCUT2D eigenvalue weighted by molar-refractivity contribution is -0.134. The summed E-state index contributed by atoms with van der Waals surface area (Å²) in [5, 5.41) is 7.42. The number of carboxylic acids is 1. The number of carboxylic acid groups (broad SMARTS) is 1. The third-order valence-electron chi connectivity index (χ3n) is 2.80. The van der Waals surface area contributed by atoms with E-state index in [9.17, 15) is 4.79 Å². The highest BCUT2D eigenvalue weighted by Crippen LogP contribution is 2.36. The monoisotopic (exact) mass is 200 g/mol. The molecule has 0 aliphatic heterocycles. The number of carbonyl (C=O) groups is 2. The minimum atomic E-state index is -0.833. The van der Waals surface area contributed by atoms with Gasteiger partial charge in [-0.25, -0.2) is 0 Å². The third-order valence-corrected chi connectivity index (χ3v) is 2.80. The predicted molar refractivity (Wildman–Crippen MR) is 55.2 cm³/mol. The average molecular weight is 200 g/mol. The second-order valence-corrected chi connectivity index (χ2v) is 3.91. The van der Waals surface area contributed by atoms with Gasteiger partial charge in [0.05, 0.1) is 0 Å². The fraction of sp³-hybridized carbons (Fsp3) is 0.818. The predicted octanol–water partition coefficient (Wildman–Crippen LogP) is 2.64. The summed E-state index contributed by atoms with van der Waals surface area (Å²) in [4.78, 5) is 19.7. The molecule has 1 fully saturated rings. The van der Waals surface area contributed by atoms with E-state index >= 15 is 0 Å². The molecule has 1 rings (SSSR count). The number of hydrogen-bond donors (Lipinski definition) is 1. The van der Waals surface area contributed by atoms with Crippen molar-refractivity contribution in [3.05, 3.63) is 0 Å². The maximum Gasteiger partial charge on any atom is 0.300 e. The Morgan fingerprint density at radius 1 is 1.36 bits per heavy atom. The molecule has 0 unspecified atom stereocenters. The van der Waals surface area contributed by atoms with Crippen molar-refractivity contribution >= 4 is 12.3 Å². The van der Waals surface area contributed by atoms with Gasteiger partial charge in [0.1, 0.15) is 6.29 Å². The largest absolute Gasteiger partial charge is 0.481 e. The average Bonchev–Trinajstić information content (AvgIpc) is 2.18. The maximum atomic E-state index is 10.7. The number of carbonyl (C=O) groups excluding carboxylic acids is 1. The Kier molecular flexibility index (Phi) is 6.17. The van der Waals surface area contributed by atoms with Gasteiger partial charge in [-0.1, -0.05) is 26.2 Å². The lowest BCUT2D eigenvalue weighted by Gasteiger charge is -2.30. The van der Waals surface area contributed by atoms with Crippen molar-refractivity contribution in [2.24, 2.45) is 5.41 Å². The molecule has 0 aromatic heterocycles. The highest BCUT2D eigenvalue weighted by molar-refractivity contribution is 5.63. The molecule has 0 radical (unpaired) electrons. The molecule has 82 valence electrons. The number of aldehydes is 1. The molecular weight excluding hydrogens is 180 g/mol. The van der Waals surface area contributed by atoms with Gasteiger partial charge in [-0.15, -0.1) is 0 Å². The van der Waals surface area contributed by atoms with Gasteiger partial charge in [-0.2, -0.15) is 0 Å². The van der Waals surface area contributed by atoms with Crippen LogP contribution in [0.1, 0.15) is 52.4 Å². The molecule has 0 saturated heterocycles. The van der Waals surface area contributed by atoms with Crippen molar-refractivity contribution in [2.75, 3.05) is 0 Å². The quantitative estimate of drug-likeness (QED) is 0.697. The first kappa shape index (κ1) is 13.1. The van der Waals surface area contributed by atoms with Crippen molar-refractivity contribution in [3.63, 3.8) is 0 Å². The summed E-state index contributed by atoms with van der Waals surface area (Å²) in [6.07, 6.45) is 8.33. The van der Waals surface area contributed by atoms with E-state index in [1.165, 1.54) is 25.5 Å². The van der Waals surface area contributed by atoms with Crippen LogP contribution in [0, 0.1) is 5.41 Å². The summed E-state index contributed by atoms with van der Waals surface area (Å²) >= 11 is 0. The summed E-state index contributed by atoms with van der Waals surface area (Å²) < 4.78 is 0. The zero-order chi connectivity index (χ0) is 11.0. The highest BCUT2D eigenvalue weighted by Gasteiger charge is 2.28. The van der Waals surface area contributed by atoms with Crippen LogP contribution in [0.4, 0.5) is 0 Å². The zero-order valence-corrected chi connectivity index (χ0v) is 9.08. The minimum absolute atomic E-state index is 0.0816. The van der Waals surface area contributed by atoms with Gasteiger partial charge >= 0.3 is 0 Å². The van der Waals surface area contributed by atoms with Crippen LogP contribution in [-0.2, 0) is 9.59 Å². The molecular formula is C11H20O3. The van der Waals surface area contributed by atoms with E-state index in [1.54, 1.807) is 0 Å². The summed E-state index contributed by atoms with van der Waals surface area (Å²) in [5.41, 5.74) is 0.0816. The van der Waals surface area contributed by atoms with Gasteiger partial charge < -0.3 is 9.90 Å². The molecule has 3 heteroatoms. The van der Waals surface area contributed by atoms with Crippen LogP contribution in [0.3, 0.4) is 0 Å². The Labute approximate surface area is 85.5 Å². The zero-order valence-electron chi connectivity index (χ0n) is 9.08. The third kappa shape index (κ3) is 5.00. The molecule has 1 saturated carbocycles. The fourth-order valence-electron chi connectivity index (χ4n) is 1.81. The van der Waals surface area contributed by atoms with Gasteiger partial charge in [0.2, 0.25) is 0 Å². The van der Waals surface area contributed by atoms with E-state index < -0.39 is 5.97 Å². The van der Waals surface area contributed by atoms with Gasteiger partial charge in [-0.05, 0) is 19.3 Å². The molecule has 0 aromatic rings. The van der Waals surface area contributed by atoms with Crippen LogP contribution >= 0.6 is 0 Å². The lowest BCUT2D eigenvalue weighted by atomic mass is 9.73. The Morgan fingerprint density at radius 2 is 1.79 bits per heavy atom. The molecule has 0 bridgehead atoms. The molecule has 3 nitrogen and oxygen atoms in total. The first-order valence-electron chi connectivity index (χ1n) is 5.22. The summed E-state index contributed by atoms with van der Waals surface area (Å²) in [7, 11) is 0. The van der Waals surface area contributed by atoms with Gasteiger partial charge in [0.15, 0.2) is 0 Å². The molecule has 1 aliphatic rings. The standard InChI is InChI=1S/C9H16O.C2H4O2/c1-2-9(8-10)6-4-3-5-7-9;1-2(3)4/h8H,2-7H2,1H3;1H3,(H,3,4). The first-order valence-corrected chi connectivity index (χ1v) is 5.22. The van der Waals surface area contributed by atoms with E-state index in [2.05, 4.69) is 6.92 Å². The van der Waals surface area contributed by atoms with Crippen LogP contribution in [0.2, 0.25) is 0 Å². The Hall–Kier alpha value is -0.860. The molecule has 0 atom stereocenters. The van der Waals surface area contributed by atoms with Crippen LogP contribution in [-0.4, -0.2) is 17.4 Å². The van der Waals surface area contributed by atoms with Gasteiger partial charge in [0, 0.05) is 12.3 Å². The molecule has 0 aromatic carbocycles. The van der Waals surface area contributed by atoms with Crippen molar-refractivity contribution < 1.29 is 14.7 Å². The first-order chi connectivity index (χ1) is 6.56. The van der Waals surface area contributed by atoms with Gasteiger partial charge in [0.25, 0.3) is 5.97 Å². The normalized spacial score (nSPS) is 19.0. The van der Waals surface area contributed by atoms with Crippen molar-refractivity contribution in [1.29, 1.82) is 0 Å². The van der Waals surface area contributed by atoms with E-state index in [1.807, 2.05) is 0 Å². The van der Waals surface area contributed by atoms with Crippen molar-refractivity contribution in [1.82, 2.24) is 0 Å². The van der Waals surface area contributed by atoms with E-state index in [-0.39, 0.29) is 5.41 Å². The topological polar surface area (TPSA) is 54.4 Å². The highest BCUT2D eigenvalue weighted by atomic mass is 16.4. The molecule has 0 amide bonds. The maximum absolute atomic E-state index is 10.7. The van der Waals surface area contributed by atoms with E-state index in [4.69, 9.17) is 9.90 Å². The van der Waals surface area contributed by atoms with Crippen LogP contribution < -0.4 is 0 Å². The summed E-state index contributed by atoms with van der Waals surface area (Å²) in [6, 6.07) is 0. The molecule has 1 N–H and O–H groups in total. The fourth-order valence-corrected chi connectivity index (χ4v) is 1.81. The number of rotatable bonds is 2. The molecule has 1 aliphatic carbocycles. The van der Waals surface area contributed by atoms with Gasteiger partial charge in [-0.3, -0.25) is 4.79 Å². The summed E-state index contributed by atoms with van der Waals surface area (Å²) in [6.45, 7) is 3.21. The SMILES string of the molecule is CC(=O)O.CCC1(C=O)CCCCC1. The smallest absolute Gasteiger partial charge is 0.300 e. The lowest BCUT2D eigenvalue weighted by Crippen LogP contribution is -2.24. The second-order valence-electron chi connectivity index (χ2n) is 3.91. The summed E-state index contributed by atoms with van der Waals surface area (Å²) in [5.74, 6) is -0.833. The second kappa shape index (κ2) is 6.57. The molecule has 0 heterocycles. The Balaban J connectivity index is 0.000000364. The van der Waals surface area contributed by atoms with E-state index in [0.29, 0.717) is 0 Å². The molecule has 0 spiro atoms. The number of aliphatic carboxylic acids is 1. The Bertz CT molecular complexity index is 177. The number of hydrogen-bond acceptors (Lipinski definition) is 2. The van der Waals surface area contributed by atoms with Crippen LogP contribution in [0.5, 0.6) is 0 Å². The van der Waals surface area contributed by atoms with Crippen molar-refractivity contribution in [2.45, 2.75) is 52.4 Å². The minimum Gasteiger partial charge on any atom is -0.481 e. The Morgan fingerprint density at radius 3 is 2.00 bits per heavy atom. The molecule has 14 heavy (non-hydrogen) atoms. The van der Waals surface area contributed by atoms with Crippen molar-refractivity contribution in [3.8, 4) is 0 Å².